The van der Waals surface area contributed by atoms with Gasteiger partial charge in [0.25, 0.3) is 0 Å². The van der Waals surface area contributed by atoms with Crippen LogP contribution in [0, 0.1) is 5.92 Å². The second kappa shape index (κ2) is 3.15. The minimum Gasteiger partial charge on any atom is -0.348 e. The van der Waals surface area contributed by atoms with E-state index in [4.69, 9.17) is 4.74 Å². The first-order valence-electron chi connectivity index (χ1n) is 3.92. The molecule has 0 spiro atoms. The summed E-state index contributed by atoms with van der Waals surface area (Å²) in [5, 5.41) is 0. The van der Waals surface area contributed by atoms with Crippen LogP contribution in [-0.4, -0.2) is 18.5 Å². The van der Waals surface area contributed by atoms with Crippen molar-refractivity contribution in [3.8, 4) is 0 Å². The molecule has 0 radical (unpaired) electrons. The number of hydrogen-bond donors (Lipinski definition) is 0. The summed E-state index contributed by atoms with van der Waals surface area (Å²) in [6.45, 7) is 6.35. The van der Waals surface area contributed by atoms with E-state index in [1.165, 1.54) is 0 Å². The summed E-state index contributed by atoms with van der Waals surface area (Å²) < 4.78 is 5.49. The first kappa shape index (κ1) is 7.73. The molecule has 1 heterocycles. The monoisotopic (exact) mass is 141 g/mol. The largest absolute Gasteiger partial charge is 0.348 e. The van der Waals surface area contributed by atoms with E-state index in [0.717, 1.165) is 6.42 Å². The topological polar surface area (TPSA) is 21.6 Å². The van der Waals surface area contributed by atoms with Gasteiger partial charge in [-0.15, -0.1) is 0 Å². The van der Waals surface area contributed by atoms with Crippen LogP contribution in [0.3, 0.4) is 0 Å². The highest BCUT2D eigenvalue weighted by Gasteiger charge is 2.21. The third-order valence-electron chi connectivity index (χ3n) is 1.93. The Balaban J connectivity index is 2.38. The molecule has 3 atom stereocenters. The number of rotatable bonds is 2. The third kappa shape index (κ3) is 1.57. The molecule has 0 N–H and O–H groups in total. The van der Waals surface area contributed by atoms with Gasteiger partial charge in [0.2, 0.25) is 0 Å². The van der Waals surface area contributed by atoms with Crippen LogP contribution in [0.25, 0.3) is 0 Å². The molecular weight excluding hydrogens is 126 g/mol. The van der Waals surface area contributed by atoms with Gasteiger partial charge in [0, 0.05) is 12.1 Å². The lowest BCUT2D eigenvalue weighted by Gasteiger charge is -2.15. The second-order valence-electron chi connectivity index (χ2n) is 2.92. The van der Waals surface area contributed by atoms with Gasteiger partial charge in [-0.2, -0.15) is 0 Å². The summed E-state index contributed by atoms with van der Waals surface area (Å²) in [5.41, 5.74) is 0. The minimum atomic E-state index is 0.125. The molecule has 0 amide bonds. The van der Waals surface area contributed by atoms with E-state index in [-0.39, 0.29) is 12.3 Å². The molecule has 0 aromatic heterocycles. The number of nitrogens with zero attached hydrogens (tertiary/aromatic N) is 1. The van der Waals surface area contributed by atoms with Crippen molar-refractivity contribution in [1.29, 1.82) is 0 Å². The number of hydrogen-bond acceptors (Lipinski definition) is 2. The summed E-state index contributed by atoms with van der Waals surface area (Å²) in [6, 6.07) is 0. The Labute approximate surface area is 62.3 Å². The minimum absolute atomic E-state index is 0.125. The maximum atomic E-state index is 5.49. The normalized spacial score (nSPS) is 34.7. The summed E-state index contributed by atoms with van der Waals surface area (Å²) in [5.74, 6) is 0.557. The number of aliphatic imine (C=N–C) groups is 1. The summed E-state index contributed by atoms with van der Waals surface area (Å²) in [7, 11) is 0. The highest BCUT2D eigenvalue weighted by atomic mass is 16.5. The van der Waals surface area contributed by atoms with Crippen molar-refractivity contribution in [3.63, 3.8) is 0 Å². The van der Waals surface area contributed by atoms with E-state index in [9.17, 15) is 0 Å². The van der Waals surface area contributed by atoms with E-state index < -0.39 is 0 Å². The van der Waals surface area contributed by atoms with Crippen LogP contribution in [0.5, 0.6) is 0 Å². The van der Waals surface area contributed by atoms with Gasteiger partial charge < -0.3 is 4.74 Å². The Hall–Kier alpha value is -0.370. The molecule has 0 fully saturated rings. The Morgan fingerprint density at radius 3 is 2.80 bits per heavy atom. The molecule has 2 nitrogen and oxygen atoms in total. The Kier molecular flexibility index (Phi) is 2.44. The van der Waals surface area contributed by atoms with Crippen molar-refractivity contribution >= 4 is 6.21 Å². The van der Waals surface area contributed by atoms with Gasteiger partial charge in [0.05, 0.1) is 6.10 Å². The molecule has 0 aliphatic carbocycles. The fourth-order valence-electron chi connectivity index (χ4n) is 0.979. The predicted molar refractivity (Wildman–Crippen MR) is 42.3 cm³/mol. The molecule has 10 heavy (non-hydrogen) atoms. The molecule has 0 unspecified atom stereocenters. The Morgan fingerprint density at radius 1 is 1.70 bits per heavy atom. The van der Waals surface area contributed by atoms with E-state index in [1.54, 1.807) is 0 Å². The quantitative estimate of drug-likeness (QED) is 0.575. The smallest absolute Gasteiger partial charge is 0.151 e. The van der Waals surface area contributed by atoms with E-state index >= 15 is 0 Å². The number of ether oxygens (including phenoxy) is 1. The molecule has 0 saturated heterocycles. The van der Waals surface area contributed by atoms with Crippen LogP contribution >= 0.6 is 0 Å². The lowest BCUT2D eigenvalue weighted by atomic mass is 10.1. The molecule has 0 aromatic rings. The maximum absolute atomic E-state index is 5.49. The van der Waals surface area contributed by atoms with Gasteiger partial charge in [-0.25, -0.2) is 0 Å². The van der Waals surface area contributed by atoms with Crippen molar-refractivity contribution in [2.75, 3.05) is 0 Å². The van der Waals surface area contributed by atoms with Crippen molar-refractivity contribution in [2.45, 2.75) is 39.5 Å². The van der Waals surface area contributed by atoms with Crippen LogP contribution in [0.2, 0.25) is 0 Å². The van der Waals surface area contributed by atoms with Gasteiger partial charge in [0.15, 0.2) is 6.23 Å². The molecular formula is C8H15NO. The molecule has 0 bridgehead atoms. The average Bonchev–Trinajstić information content (AvgIpc) is 2.34. The van der Waals surface area contributed by atoms with Crippen LogP contribution in [-0.2, 0) is 4.74 Å². The van der Waals surface area contributed by atoms with Crippen molar-refractivity contribution in [2.24, 2.45) is 10.9 Å². The second-order valence-corrected chi connectivity index (χ2v) is 2.92. The van der Waals surface area contributed by atoms with Gasteiger partial charge >= 0.3 is 0 Å². The van der Waals surface area contributed by atoms with E-state index in [0.29, 0.717) is 5.92 Å². The average molecular weight is 141 g/mol. The molecule has 1 rings (SSSR count). The first-order chi connectivity index (χ1) is 4.74. The molecule has 0 aromatic carbocycles. The van der Waals surface area contributed by atoms with Gasteiger partial charge in [-0.05, 0) is 13.3 Å². The fourth-order valence-corrected chi connectivity index (χ4v) is 0.979. The summed E-state index contributed by atoms with van der Waals surface area (Å²) in [6.07, 6.45) is 3.37. The van der Waals surface area contributed by atoms with Crippen molar-refractivity contribution < 1.29 is 4.74 Å². The van der Waals surface area contributed by atoms with Crippen LogP contribution in [0.1, 0.15) is 27.2 Å². The molecule has 2 heteroatoms. The summed E-state index contributed by atoms with van der Waals surface area (Å²) >= 11 is 0. The lowest BCUT2D eigenvalue weighted by molar-refractivity contribution is 0.0250. The first-order valence-corrected chi connectivity index (χ1v) is 3.92. The Morgan fingerprint density at radius 2 is 2.40 bits per heavy atom. The Bertz CT molecular complexity index is 133. The van der Waals surface area contributed by atoms with E-state index in [1.807, 2.05) is 13.1 Å². The fraction of sp³-hybridized carbons (Fsp3) is 0.875. The molecule has 58 valence electrons. The predicted octanol–water partition coefficient (Wildman–Crippen LogP) is 1.85. The zero-order valence-electron chi connectivity index (χ0n) is 6.87. The van der Waals surface area contributed by atoms with Crippen molar-refractivity contribution in [3.05, 3.63) is 0 Å². The van der Waals surface area contributed by atoms with Gasteiger partial charge in [0.1, 0.15) is 0 Å². The zero-order chi connectivity index (χ0) is 7.56. The standard InChI is InChI=1S/C8H15NO/c1-4-6(2)8-9-5-7(3)10-8/h5-8H,4H2,1-3H3/t6-,7+,8+/m0/s1. The highest BCUT2D eigenvalue weighted by Crippen LogP contribution is 2.17. The van der Waals surface area contributed by atoms with Crippen LogP contribution in [0.15, 0.2) is 4.99 Å². The van der Waals surface area contributed by atoms with Gasteiger partial charge in [-0.3, -0.25) is 4.99 Å². The van der Waals surface area contributed by atoms with Gasteiger partial charge in [-0.1, -0.05) is 13.8 Å². The SMILES string of the molecule is CC[C@H](C)[C@@H]1N=C[C@@H](C)O1. The summed E-state index contributed by atoms with van der Waals surface area (Å²) in [4.78, 5) is 4.24. The van der Waals surface area contributed by atoms with Crippen LogP contribution in [0.4, 0.5) is 0 Å². The maximum Gasteiger partial charge on any atom is 0.151 e. The molecule has 1 aliphatic heterocycles. The van der Waals surface area contributed by atoms with E-state index in [2.05, 4.69) is 18.8 Å². The lowest BCUT2D eigenvalue weighted by Crippen LogP contribution is -2.17. The van der Waals surface area contributed by atoms with Crippen molar-refractivity contribution in [1.82, 2.24) is 0 Å². The molecule has 1 aliphatic rings. The third-order valence-corrected chi connectivity index (χ3v) is 1.93. The van der Waals surface area contributed by atoms with Crippen LogP contribution < -0.4 is 0 Å². The zero-order valence-corrected chi connectivity index (χ0v) is 6.87. The molecule has 0 saturated carbocycles. The highest BCUT2D eigenvalue weighted by molar-refractivity contribution is 5.64.